The highest BCUT2D eigenvalue weighted by molar-refractivity contribution is 6.28. The van der Waals surface area contributed by atoms with E-state index in [1.807, 2.05) is 13.1 Å². The summed E-state index contributed by atoms with van der Waals surface area (Å²) in [6.07, 6.45) is 0. The predicted octanol–water partition coefficient (Wildman–Crippen LogP) is 3.45. The maximum atomic E-state index is 5.84. The molecule has 0 aliphatic heterocycles. The Morgan fingerprint density at radius 3 is 2.62 bits per heavy atom. The van der Waals surface area contributed by atoms with E-state index in [-0.39, 0.29) is 5.28 Å². The van der Waals surface area contributed by atoms with E-state index in [0.717, 1.165) is 16.7 Å². The zero-order chi connectivity index (χ0) is 11.7. The first-order chi connectivity index (χ1) is 7.61. The molecule has 1 aromatic carbocycles. The second kappa shape index (κ2) is 4.26. The monoisotopic (exact) mass is 235 g/mol. The lowest BCUT2D eigenvalue weighted by atomic mass is 10.0. The fourth-order valence-corrected chi connectivity index (χ4v) is 1.84. The molecule has 0 atom stereocenters. The maximum Gasteiger partial charge on any atom is 0.224 e. The predicted molar refractivity (Wildman–Crippen MR) is 68.2 cm³/mol. The van der Waals surface area contributed by atoms with Crippen LogP contribution < -0.4 is 5.32 Å². The minimum atomic E-state index is 0.272. The third kappa shape index (κ3) is 1.95. The van der Waals surface area contributed by atoms with Crippen LogP contribution in [0.1, 0.15) is 25.3 Å². The smallest absolute Gasteiger partial charge is 0.224 e. The number of hydrogen-bond acceptors (Lipinski definition) is 3. The molecule has 3 nitrogen and oxygen atoms in total. The van der Waals surface area contributed by atoms with E-state index in [9.17, 15) is 0 Å². The Morgan fingerprint density at radius 1 is 1.25 bits per heavy atom. The van der Waals surface area contributed by atoms with Crippen molar-refractivity contribution in [1.29, 1.82) is 0 Å². The molecule has 0 amide bonds. The van der Waals surface area contributed by atoms with Crippen molar-refractivity contribution in [2.75, 3.05) is 12.4 Å². The van der Waals surface area contributed by atoms with Gasteiger partial charge in [-0.15, -0.1) is 0 Å². The number of nitrogens with one attached hydrogen (secondary N) is 1. The summed E-state index contributed by atoms with van der Waals surface area (Å²) in [7, 11) is 1.83. The van der Waals surface area contributed by atoms with Gasteiger partial charge in [-0.2, -0.15) is 0 Å². The lowest BCUT2D eigenvalue weighted by molar-refractivity contribution is 0.868. The Bertz CT molecular complexity index is 523. The first-order valence-electron chi connectivity index (χ1n) is 5.26. The highest BCUT2D eigenvalue weighted by Crippen LogP contribution is 2.25. The van der Waals surface area contributed by atoms with Crippen LogP contribution in [-0.2, 0) is 0 Å². The molecule has 2 rings (SSSR count). The molecule has 16 heavy (non-hydrogen) atoms. The summed E-state index contributed by atoms with van der Waals surface area (Å²) >= 11 is 5.84. The third-order valence-corrected chi connectivity index (χ3v) is 2.77. The van der Waals surface area contributed by atoms with Gasteiger partial charge in [0.2, 0.25) is 5.28 Å². The van der Waals surface area contributed by atoms with Crippen LogP contribution in [0.4, 0.5) is 5.82 Å². The standard InChI is InChI=1S/C12H14ClN3/c1-7(2)8-4-5-10-9(6-8)11(14-3)16-12(13)15-10/h4-7H,1-3H3,(H,14,15,16). The van der Waals surface area contributed by atoms with Crippen LogP contribution >= 0.6 is 11.6 Å². The number of nitrogens with zero attached hydrogens (tertiary/aromatic N) is 2. The summed E-state index contributed by atoms with van der Waals surface area (Å²) < 4.78 is 0. The molecule has 0 saturated carbocycles. The molecule has 2 aromatic rings. The highest BCUT2D eigenvalue weighted by atomic mass is 35.5. The molecule has 84 valence electrons. The Hall–Kier alpha value is -1.35. The molecule has 1 N–H and O–H groups in total. The van der Waals surface area contributed by atoms with Gasteiger partial charge < -0.3 is 5.32 Å². The lowest BCUT2D eigenvalue weighted by Crippen LogP contribution is -1.97. The molecule has 4 heteroatoms. The summed E-state index contributed by atoms with van der Waals surface area (Å²) in [6, 6.07) is 6.18. The Kier molecular flexibility index (Phi) is 2.97. The maximum absolute atomic E-state index is 5.84. The summed E-state index contributed by atoms with van der Waals surface area (Å²) in [4.78, 5) is 8.36. The third-order valence-electron chi connectivity index (χ3n) is 2.60. The van der Waals surface area contributed by atoms with Gasteiger partial charge in [0, 0.05) is 12.4 Å². The Labute approximate surface area is 99.9 Å². The van der Waals surface area contributed by atoms with E-state index >= 15 is 0 Å². The van der Waals surface area contributed by atoms with Gasteiger partial charge in [-0.3, -0.25) is 0 Å². The highest BCUT2D eigenvalue weighted by Gasteiger charge is 2.07. The van der Waals surface area contributed by atoms with Crippen LogP contribution in [0, 0.1) is 0 Å². The van der Waals surface area contributed by atoms with E-state index in [2.05, 4.69) is 41.3 Å². The second-order valence-electron chi connectivity index (χ2n) is 4.02. The van der Waals surface area contributed by atoms with Crippen LogP contribution in [0.3, 0.4) is 0 Å². The van der Waals surface area contributed by atoms with Crippen molar-refractivity contribution in [2.45, 2.75) is 19.8 Å². The molecule has 0 aliphatic carbocycles. The van der Waals surface area contributed by atoms with Gasteiger partial charge in [-0.05, 0) is 35.2 Å². The number of aromatic nitrogens is 2. The summed E-state index contributed by atoms with van der Waals surface area (Å²) in [6.45, 7) is 4.33. The summed E-state index contributed by atoms with van der Waals surface area (Å²) in [5, 5.41) is 4.33. The molecule has 1 aromatic heterocycles. The number of rotatable bonds is 2. The van der Waals surface area contributed by atoms with E-state index in [1.54, 1.807) is 0 Å². The number of halogens is 1. The largest absolute Gasteiger partial charge is 0.372 e. The van der Waals surface area contributed by atoms with Gasteiger partial charge in [0.25, 0.3) is 0 Å². The average Bonchev–Trinajstić information content (AvgIpc) is 2.27. The van der Waals surface area contributed by atoms with E-state index < -0.39 is 0 Å². The van der Waals surface area contributed by atoms with Crippen LogP contribution in [0.2, 0.25) is 5.28 Å². The minimum Gasteiger partial charge on any atom is -0.372 e. The van der Waals surface area contributed by atoms with Crippen molar-refractivity contribution >= 4 is 28.3 Å². The number of hydrogen-bond donors (Lipinski definition) is 1. The summed E-state index contributed by atoms with van der Waals surface area (Å²) in [5.74, 6) is 1.27. The van der Waals surface area contributed by atoms with Gasteiger partial charge in [-0.25, -0.2) is 9.97 Å². The van der Waals surface area contributed by atoms with Crippen molar-refractivity contribution in [3.8, 4) is 0 Å². The molecule has 0 spiro atoms. The first-order valence-corrected chi connectivity index (χ1v) is 5.64. The van der Waals surface area contributed by atoms with Crippen LogP contribution in [0.5, 0.6) is 0 Å². The molecule has 0 radical (unpaired) electrons. The molecular formula is C12H14ClN3. The molecule has 0 fully saturated rings. The zero-order valence-electron chi connectivity index (χ0n) is 9.58. The van der Waals surface area contributed by atoms with Crippen molar-refractivity contribution in [1.82, 2.24) is 9.97 Å². The van der Waals surface area contributed by atoms with E-state index in [1.165, 1.54) is 5.56 Å². The van der Waals surface area contributed by atoms with E-state index in [0.29, 0.717) is 5.92 Å². The number of anilines is 1. The molecule has 0 unspecified atom stereocenters. The normalized spacial score (nSPS) is 11.1. The minimum absolute atomic E-state index is 0.272. The van der Waals surface area contributed by atoms with Gasteiger partial charge in [0.05, 0.1) is 5.52 Å². The summed E-state index contributed by atoms with van der Waals surface area (Å²) in [5.41, 5.74) is 2.14. The SMILES string of the molecule is CNc1nc(Cl)nc2ccc(C(C)C)cc12. The quantitative estimate of drug-likeness (QED) is 0.811. The molecule has 1 heterocycles. The first kappa shape index (κ1) is 11.1. The van der Waals surface area contributed by atoms with Gasteiger partial charge in [0.15, 0.2) is 0 Å². The van der Waals surface area contributed by atoms with Gasteiger partial charge in [0.1, 0.15) is 5.82 Å². The van der Waals surface area contributed by atoms with Crippen molar-refractivity contribution in [3.05, 3.63) is 29.0 Å². The molecule has 0 bridgehead atoms. The molecule has 0 saturated heterocycles. The second-order valence-corrected chi connectivity index (χ2v) is 4.36. The average molecular weight is 236 g/mol. The van der Waals surface area contributed by atoms with Crippen molar-refractivity contribution in [3.63, 3.8) is 0 Å². The number of benzene rings is 1. The fourth-order valence-electron chi connectivity index (χ4n) is 1.67. The van der Waals surface area contributed by atoms with Crippen LogP contribution in [0.25, 0.3) is 10.9 Å². The van der Waals surface area contributed by atoms with Crippen molar-refractivity contribution < 1.29 is 0 Å². The fraction of sp³-hybridized carbons (Fsp3) is 0.333. The topological polar surface area (TPSA) is 37.8 Å². The lowest BCUT2D eigenvalue weighted by Gasteiger charge is -2.09. The Balaban J connectivity index is 2.71. The van der Waals surface area contributed by atoms with Crippen LogP contribution in [-0.4, -0.2) is 17.0 Å². The molecule has 0 aliphatic rings. The van der Waals surface area contributed by atoms with Crippen LogP contribution in [0.15, 0.2) is 18.2 Å². The molecular weight excluding hydrogens is 222 g/mol. The Morgan fingerprint density at radius 2 is 2.00 bits per heavy atom. The van der Waals surface area contributed by atoms with Gasteiger partial charge in [-0.1, -0.05) is 19.9 Å². The number of fused-ring (bicyclic) bond motifs is 1. The van der Waals surface area contributed by atoms with Crippen molar-refractivity contribution in [2.24, 2.45) is 0 Å². The zero-order valence-corrected chi connectivity index (χ0v) is 10.3. The van der Waals surface area contributed by atoms with Gasteiger partial charge >= 0.3 is 0 Å². The van der Waals surface area contributed by atoms with E-state index in [4.69, 9.17) is 11.6 Å².